The van der Waals surface area contributed by atoms with Gasteiger partial charge in [0.25, 0.3) is 11.8 Å². The van der Waals surface area contributed by atoms with E-state index in [1.54, 1.807) is 24.3 Å². The number of carbonyl (C=O) groups excluding carboxylic acids is 2. The number of carbonyl (C=O) groups is 3. The van der Waals surface area contributed by atoms with E-state index in [-0.39, 0.29) is 36.8 Å². The molecule has 150 valence electrons. The van der Waals surface area contributed by atoms with Gasteiger partial charge in [-0.2, -0.15) is 0 Å². The first kappa shape index (κ1) is 18.9. The fraction of sp³-hybridized carbons (Fsp3) is 0.500. The fourth-order valence-corrected chi connectivity index (χ4v) is 5.69. The van der Waals surface area contributed by atoms with Gasteiger partial charge < -0.3 is 10.4 Å². The molecular weight excluding hydrogens is 386 g/mol. The van der Waals surface area contributed by atoms with Crippen LogP contribution < -0.4 is 5.32 Å². The maximum absolute atomic E-state index is 12.8. The summed E-state index contributed by atoms with van der Waals surface area (Å²) in [5.74, 6) is -1.29. The van der Waals surface area contributed by atoms with Crippen LogP contribution >= 0.6 is 0 Å². The van der Waals surface area contributed by atoms with Gasteiger partial charge in [-0.15, -0.1) is 0 Å². The molecule has 1 saturated carbocycles. The molecule has 0 bridgehead atoms. The van der Waals surface area contributed by atoms with Crippen LogP contribution in [-0.4, -0.2) is 72.1 Å². The molecule has 2 aliphatic heterocycles. The lowest BCUT2D eigenvalue weighted by atomic mass is 9.90. The Bertz CT molecular complexity index is 921. The van der Waals surface area contributed by atoms with Crippen molar-refractivity contribution in [2.75, 3.05) is 25.4 Å². The average molecular weight is 407 g/mol. The molecule has 10 heteroatoms. The van der Waals surface area contributed by atoms with Crippen LogP contribution in [0.2, 0.25) is 0 Å². The monoisotopic (exact) mass is 407 g/mol. The summed E-state index contributed by atoms with van der Waals surface area (Å²) >= 11 is 0. The maximum atomic E-state index is 12.8. The van der Waals surface area contributed by atoms with Gasteiger partial charge in [-0.25, -0.2) is 17.5 Å². The number of amides is 3. The Morgan fingerprint density at radius 3 is 2.32 bits per heavy atom. The highest BCUT2D eigenvalue weighted by Crippen LogP contribution is 2.52. The summed E-state index contributed by atoms with van der Waals surface area (Å²) in [5.41, 5.74) is 0.254. The van der Waals surface area contributed by atoms with Gasteiger partial charge in [0.15, 0.2) is 0 Å². The summed E-state index contributed by atoms with van der Waals surface area (Å²) in [5, 5.41) is 11.5. The van der Waals surface area contributed by atoms with Gasteiger partial charge in [-0.05, 0) is 31.4 Å². The molecule has 1 aromatic rings. The van der Waals surface area contributed by atoms with Crippen molar-refractivity contribution < 1.29 is 27.9 Å². The predicted octanol–water partition coefficient (Wildman–Crippen LogP) is 0.735. The molecule has 1 aromatic carbocycles. The molecule has 2 heterocycles. The van der Waals surface area contributed by atoms with Crippen LogP contribution in [-0.2, 0) is 10.0 Å². The Morgan fingerprint density at radius 1 is 1.18 bits per heavy atom. The van der Waals surface area contributed by atoms with Crippen LogP contribution in [0, 0.1) is 5.41 Å². The van der Waals surface area contributed by atoms with E-state index in [2.05, 4.69) is 5.32 Å². The van der Waals surface area contributed by atoms with E-state index in [1.165, 1.54) is 4.31 Å². The lowest BCUT2D eigenvalue weighted by molar-refractivity contribution is 0.0663. The number of piperidine rings is 1. The lowest BCUT2D eigenvalue weighted by Crippen LogP contribution is -2.54. The topological polar surface area (TPSA) is 124 Å². The number of rotatable bonds is 5. The van der Waals surface area contributed by atoms with Crippen molar-refractivity contribution in [1.29, 1.82) is 0 Å². The van der Waals surface area contributed by atoms with Crippen LogP contribution in [0.4, 0.5) is 4.79 Å². The van der Waals surface area contributed by atoms with Crippen LogP contribution in [0.15, 0.2) is 24.3 Å². The first-order valence-corrected chi connectivity index (χ1v) is 10.8. The van der Waals surface area contributed by atoms with E-state index in [1.807, 2.05) is 0 Å². The van der Waals surface area contributed by atoms with Gasteiger partial charge in [-0.1, -0.05) is 12.1 Å². The second kappa shape index (κ2) is 6.56. The minimum Gasteiger partial charge on any atom is -0.465 e. The van der Waals surface area contributed by atoms with Gasteiger partial charge in [0, 0.05) is 31.1 Å². The number of hydrogen-bond acceptors (Lipinski definition) is 5. The predicted molar refractivity (Wildman–Crippen MR) is 98.4 cm³/mol. The molecule has 0 radical (unpaired) electrons. The number of imide groups is 1. The molecular formula is C18H21N3O6S. The van der Waals surface area contributed by atoms with E-state index < -0.39 is 27.9 Å². The number of fused-ring (bicyclic) bond motifs is 1. The Kier molecular flexibility index (Phi) is 4.42. The zero-order valence-electron chi connectivity index (χ0n) is 15.1. The second-order valence-electron chi connectivity index (χ2n) is 7.61. The average Bonchev–Trinajstić information content (AvgIpc) is 3.37. The summed E-state index contributed by atoms with van der Waals surface area (Å²) in [6.07, 6.45) is 0.877. The summed E-state index contributed by atoms with van der Waals surface area (Å²) in [4.78, 5) is 36.7. The molecule has 1 spiro atoms. The highest BCUT2D eigenvalue weighted by Gasteiger charge is 2.54. The molecule has 9 nitrogen and oxygen atoms in total. The standard InChI is InChI=1S/C18H21N3O6S/c22-15-12-3-1-2-4-13(12)16(23)21(15)9-10-28(26,27)20-8-5-14(19-17(24)25)18(11-20)6-7-18/h1-4,14,19H,5-11H2,(H,24,25). The minimum atomic E-state index is -3.68. The SMILES string of the molecule is O=C(O)NC1CCN(S(=O)(=O)CCN2C(=O)c3ccccc3C2=O)CC12CC2. The third kappa shape index (κ3) is 3.16. The highest BCUT2D eigenvalue weighted by atomic mass is 32.2. The van der Waals surface area contributed by atoms with Crippen molar-refractivity contribution in [3.8, 4) is 0 Å². The number of nitrogens with zero attached hydrogens (tertiary/aromatic N) is 2. The van der Waals surface area contributed by atoms with Crippen LogP contribution in [0.1, 0.15) is 40.0 Å². The van der Waals surface area contributed by atoms with Crippen molar-refractivity contribution in [2.24, 2.45) is 5.41 Å². The molecule has 3 amide bonds. The van der Waals surface area contributed by atoms with Crippen molar-refractivity contribution in [1.82, 2.24) is 14.5 Å². The van der Waals surface area contributed by atoms with Crippen LogP contribution in [0.5, 0.6) is 0 Å². The third-order valence-corrected chi connectivity index (χ3v) is 7.73. The molecule has 1 saturated heterocycles. The molecule has 28 heavy (non-hydrogen) atoms. The second-order valence-corrected chi connectivity index (χ2v) is 9.70. The Labute approximate surface area is 162 Å². The summed E-state index contributed by atoms with van der Waals surface area (Å²) in [6.45, 7) is 0.286. The van der Waals surface area contributed by atoms with Gasteiger partial charge in [0.2, 0.25) is 10.0 Å². The largest absolute Gasteiger partial charge is 0.465 e. The summed E-state index contributed by atoms with van der Waals surface area (Å²) in [6, 6.07) is 6.19. The van der Waals surface area contributed by atoms with Crippen molar-refractivity contribution in [3.63, 3.8) is 0 Å². The molecule has 1 unspecified atom stereocenters. The molecule has 3 aliphatic rings. The number of carboxylic acid groups (broad SMARTS) is 1. The number of hydrogen-bond donors (Lipinski definition) is 2. The van der Waals surface area contributed by atoms with Gasteiger partial charge in [0.05, 0.1) is 16.9 Å². The summed E-state index contributed by atoms with van der Waals surface area (Å²) in [7, 11) is -3.68. The molecule has 1 atom stereocenters. The van der Waals surface area contributed by atoms with E-state index in [0.29, 0.717) is 17.5 Å². The number of nitrogens with one attached hydrogen (secondary N) is 1. The van der Waals surface area contributed by atoms with Crippen molar-refractivity contribution in [3.05, 3.63) is 35.4 Å². The molecule has 4 rings (SSSR count). The maximum Gasteiger partial charge on any atom is 0.404 e. The molecule has 2 fully saturated rings. The van der Waals surface area contributed by atoms with Gasteiger partial charge in [-0.3, -0.25) is 14.5 Å². The minimum absolute atomic E-state index is 0.199. The number of sulfonamides is 1. The zero-order chi connectivity index (χ0) is 20.1. The molecule has 2 N–H and O–H groups in total. The van der Waals surface area contributed by atoms with E-state index in [0.717, 1.165) is 17.7 Å². The lowest BCUT2D eigenvalue weighted by Gasteiger charge is -2.38. The quantitative estimate of drug-likeness (QED) is 0.694. The van der Waals surface area contributed by atoms with E-state index in [9.17, 15) is 22.8 Å². The fourth-order valence-electron chi connectivity index (χ4n) is 4.18. The first-order valence-electron chi connectivity index (χ1n) is 9.16. The van der Waals surface area contributed by atoms with Gasteiger partial charge in [0.1, 0.15) is 0 Å². The third-order valence-electron chi connectivity index (χ3n) is 5.93. The van der Waals surface area contributed by atoms with Crippen molar-refractivity contribution >= 4 is 27.9 Å². The smallest absolute Gasteiger partial charge is 0.404 e. The molecule has 1 aliphatic carbocycles. The highest BCUT2D eigenvalue weighted by molar-refractivity contribution is 7.89. The normalized spacial score (nSPS) is 23.7. The van der Waals surface area contributed by atoms with E-state index >= 15 is 0 Å². The molecule has 0 aromatic heterocycles. The van der Waals surface area contributed by atoms with Crippen LogP contribution in [0.3, 0.4) is 0 Å². The van der Waals surface area contributed by atoms with E-state index in [4.69, 9.17) is 5.11 Å². The Hall–Kier alpha value is -2.46. The Balaban J connectivity index is 1.41. The van der Waals surface area contributed by atoms with Crippen LogP contribution in [0.25, 0.3) is 0 Å². The van der Waals surface area contributed by atoms with Crippen molar-refractivity contribution in [2.45, 2.75) is 25.3 Å². The first-order chi connectivity index (χ1) is 13.2. The number of benzene rings is 1. The summed E-state index contributed by atoms with van der Waals surface area (Å²) < 4.78 is 27.0. The zero-order valence-corrected chi connectivity index (χ0v) is 15.9. The Morgan fingerprint density at radius 2 is 1.79 bits per heavy atom. The van der Waals surface area contributed by atoms with Gasteiger partial charge >= 0.3 is 6.09 Å².